The van der Waals surface area contributed by atoms with E-state index in [9.17, 15) is 17.4 Å². The highest BCUT2D eigenvalue weighted by Gasteiger charge is 2.32. The Bertz CT molecular complexity index is 1130. The minimum absolute atomic E-state index is 0.333. The smallest absolute Gasteiger partial charge is 0.489 e. The molecule has 0 aliphatic carbocycles. The molecule has 154 valence electrons. The topological polar surface area (TPSA) is 35.5 Å². The molecule has 1 aliphatic heterocycles. The maximum absolute atomic E-state index is 13.1. The van der Waals surface area contributed by atoms with Gasteiger partial charge in [0.15, 0.2) is 0 Å². The Hall–Kier alpha value is -2.58. The third-order valence-corrected chi connectivity index (χ3v) is 7.01. The Morgan fingerprint density at radius 1 is 0.900 bits per heavy atom. The lowest BCUT2D eigenvalue weighted by atomic mass is 10.1. The molecule has 1 atom stereocenters. The van der Waals surface area contributed by atoms with Crippen LogP contribution in [0, 0.1) is 0 Å². The van der Waals surface area contributed by atoms with Gasteiger partial charge in [-0.05, 0) is 57.4 Å². The molecular formula is C22H14BrF3O3S. The van der Waals surface area contributed by atoms with E-state index in [4.69, 9.17) is 4.74 Å². The van der Waals surface area contributed by atoms with E-state index in [-0.39, 0.29) is 5.75 Å². The van der Waals surface area contributed by atoms with Gasteiger partial charge in [0.05, 0.1) is 20.6 Å². The van der Waals surface area contributed by atoms with Crippen LogP contribution in [0.15, 0.2) is 77.7 Å². The van der Waals surface area contributed by atoms with Crippen LogP contribution in [0.2, 0.25) is 0 Å². The van der Waals surface area contributed by atoms with Gasteiger partial charge < -0.3 is 9.47 Å². The number of hydrogen-bond acceptors (Lipinski definition) is 3. The van der Waals surface area contributed by atoms with Gasteiger partial charge in [0.1, 0.15) is 18.1 Å². The quantitative estimate of drug-likeness (QED) is 0.405. The van der Waals surface area contributed by atoms with Crippen molar-refractivity contribution in [3.63, 3.8) is 0 Å². The Kier molecular flexibility index (Phi) is 5.71. The predicted octanol–water partition coefficient (Wildman–Crippen LogP) is 6.51. The molecule has 0 spiro atoms. The largest absolute Gasteiger partial charge is 0.573 e. The van der Waals surface area contributed by atoms with Crippen LogP contribution < -0.4 is 9.47 Å². The molecule has 0 saturated carbocycles. The maximum Gasteiger partial charge on any atom is 0.573 e. The van der Waals surface area contributed by atoms with Gasteiger partial charge in [-0.1, -0.05) is 42.5 Å². The summed E-state index contributed by atoms with van der Waals surface area (Å²) in [6.45, 7) is 0.383. The first-order valence-corrected chi connectivity index (χ1v) is 10.7. The fourth-order valence-corrected chi connectivity index (χ4v) is 5.61. The highest BCUT2D eigenvalue weighted by Crippen LogP contribution is 2.46. The molecule has 0 fully saturated rings. The second-order valence-corrected chi connectivity index (χ2v) is 8.59. The van der Waals surface area contributed by atoms with Crippen LogP contribution in [0.25, 0.3) is 9.39 Å². The lowest BCUT2D eigenvalue weighted by molar-refractivity contribution is -0.274. The Balaban J connectivity index is 1.55. The van der Waals surface area contributed by atoms with Crippen molar-refractivity contribution >= 4 is 36.1 Å². The monoisotopic (exact) mass is 494 g/mol. The molecule has 0 radical (unpaired) electrons. The molecule has 0 saturated heterocycles. The molecule has 8 heteroatoms. The third-order valence-electron chi connectivity index (χ3n) is 4.37. The van der Waals surface area contributed by atoms with Crippen molar-refractivity contribution in [2.24, 2.45) is 0 Å². The van der Waals surface area contributed by atoms with Crippen LogP contribution in [0.4, 0.5) is 13.2 Å². The van der Waals surface area contributed by atoms with Crippen molar-refractivity contribution in [1.29, 1.82) is 0 Å². The van der Waals surface area contributed by atoms with E-state index in [0.29, 0.717) is 32.2 Å². The van der Waals surface area contributed by atoms with Crippen LogP contribution in [0.1, 0.15) is 16.7 Å². The number of benzene rings is 3. The van der Waals surface area contributed by atoms with E-state index in [0.717, 1.165) is 11.1 Å². The second-order valence-electron chi connectivity index (χ2n) is 6.42. The van der Waals surface area contributed by atoms with E-state index in [1.54, 1.807) is 12.1 Å². The molecule has 0 amide bonds. The molecule has 0 N–H and O–H groups in total. The molecule has 4 rings (SSSR count). The molecule has 1 heterocycles. The molecule has 1 unspecified atom stereocenters. The van der Waals surface area contributed by atoms with Gasteiger partial charge in [-0.25, -0.2) is 4.21 Å². The fraction of sp³-hybridized carbons (Fsp3) is 0.0909. The number of rotatable bonds is 5. The average molecular weight is 495 g/mol. The summed E-state index contributed by atoms with van der Waals surface area (Å²) in [5.41, 5.74) is 2.31. The standard InChI is InChI=1S/C22H14BrF3O3S/c23-20-18-11-10-17(28-13-14-4-2-1-3-5-14)12-19(18)30(27)21(20)15-6-8-16(9-7-15)29-22(24,25)26/h1-12H,13H2. The van der Waals surface area contributed by atoms with Crippen LogP contribution >= 0.6 is 15.9 Å². The van der Waals surface area contributed by atoms with Crippen molar-refractivity contribution in [3.8, 4) is 11.5 Å². The molecule has 0 aromatic heterocycles. The average Bonchev–Trinajstić information content (AvgIpc) is 2.97. The number of ether oxygens (including phenoxy) is 2. The van der Waals surface area contributed by atoms with Gasteiger partial charge in [0.25, 0.3) is 0 Å². The Labute approximate surface area is 181 Å². The van der Waals surface area contributed by atoms with Crippen molar-refractivity contribution in [2.45, 2.75) is 17.9 Å². The van der Waals surface area contributed by atoms with Gasteiger partial charge >= 0.3 is 6.36 Å². The third kappa shape index (κ3) is 4.44. The van der Waals surface area contributed by atoms with Crippen molar-refractivity contribution in [1.82, 2.24) is 0 Å². The van der Waals surface area contributed by atoms with Gasteiger partial charge in [-0.2, -0.15) is 0 Å². The number of fused-ring (bicyclic) bond motifs is 1. The number of alkyl halides is 3. The van der Waals surface area contributed by atoms with Crippen molar-refractivity contribution < 1.29 is 26.9 Å². The SMILES string of the molecule is O=S1C(c2ccc(OC(F)(F)F)cc2)=C(Br)c2ccc(OCc3ccccc3)cc21. The normalized spacial score (nSPS) is 15.8. The predicted molar refractivity (Wildman–Crippen MR) is 112 cm³/mol. The summed E-state index contributed by atoms with van der Waals surface area (Å²) in [7, 11) is -1.51. The first-order chi connectivity index (χ1) is 14.3. The van der Waals surface area contributed by atoms with Crippen molar-refractivity contribution in [3.05, 3.63) is 89.5 Å². The Morgan fingerprint density at radius 3 is 2.23 bits per heavy atom. The van der Waals surface area contributed by atoms with E-state index in [1.807, 2.05) is 36.4 Å². The zero-order valence-electron chi connectivity index (χ0n) is 15.3. The van der Waals surface area contributed by atoms with Crippen LogP contribution in [0.5, 0.6) is 11.5 Å². The van der Waals surface area contributed by atoms with Gasteiger partial charge in [-0.3, -0.25) is 0 Å². The second kappa shape index (κ2) is 8.28. The van der Waals surface area contributed by atoms with Gasteiger partial charge in [0, 0.05) is 10.0 Å². The summed E-state index contributed by atoms with van der Waals surface area (Å²) in [5, 5.41) is 0. The lowest BCUT2D eigenvalue weighted by Gasteiger charge is -2.10. The van der Waals surface area contributed by atoms with E-state index in [1.165, 1.54) is 24.3 Å². The summed E-state index contributed by atoms with van der Waals surface area (Å²) in [6.07, 6.45) is -4.76. The number of hydrogen-bond donors (Lipinski definition) is 0. The first-order valence-electron chi connectivity index (χ1n) is 8.81. The minimum atomic E-state index is -4.76. The highest BCUT2D eigenvalue weighted by molar-refractivity contribution is 9.15. The highest BCUT2D eigenvalue weighted by atomic mass is 79.9. The van der Waals surface area contributed by atoms with Crippen LogP contribution in [0.3, 0.4) is 0 Å². The van der Waals surface area contributed by atoms with Crippen molar-refractivity contribution in [2.75, 3.05) is 0 Å². The zero-order chi connectivity index (χ0) is 21.3. The molecule has 3 nitrogen and oxygen atoms in total. The summed E-state index contributed by atoms with van der Waals surface area (Å²) in [5.74, 6) is 0.252. The fourth-order valence-electron chi connectivity index (χ4n) is 3.02. The molecule has 3 aromatic carbocycles. The summed E-state index contributed by atoms with van der Waals surface area (Å²) < 4.78 is 60.5. The molecule has 3 aromatic rings. The Morgan fingerprint density at radius 2 is 1.57 bits per heavy atom. The van der Waals surface area contributed by atoms with Gasteiger partial charge in [0.2, 0.25) is 0 Å². The van der Waals surface area contributed by atoms with Crippen LogP contribution in [-0.2, 0) is 17.4 Å². The summed E-state index contributed by atoms with van der Waals surface area (Å²) in [4.78, 5) is 1.07. The van der Waals surface area contributed by atoms with Gasteiger partial charge in [-0.15, -0.1) is 13.2 Å². The van der Waals surface area contributed by atoms with E-state index in [2.05, 4.69) is 20.7 Å². The van der Waals surface area contributed by atoms with E-state index >= 15 is 0 Å². The lowest BCUT2D eigenvalue weighted by Crippen LogP contribution is -2.17. The first kappa shape index (κ1) is 20.7. The van der Waals surface area contributed by atoms with E-state index < -0.39 is 17.2 Å². The molecule has 30 heavy (non-hydrogen) atoms. The molecule has 0 bridgehead atoms. The van der Waals surface area contributed by atoms with Crippen LogP contribution in [-0.4, -0.2) is 10.6 Å². The molecule has 1 aliphatic rings. The maximum atomic E-state index is 13.1. The number of halogens is 4. The minimum Gasteiger partial charge on any atom is -0.489 e. The summed E-state index contributed by atoms with van der Waals surface area (Å²) in [6, 6.07) is 20.3. The molecular weight excluding hydrogens is 481 g/mol. The zero-order valence-corrected chi connectivity index (χ0v) is 17.7. The summed E-state index contributed by atoms with van der Waals surface area (Å²) >= 11 is 3.48.